The summed E-state index contributed by atoms with van der Waals surface area (Å²) in [5.41, 5.74) is 7.75. The van der Waals surface area contributed by atoms with Gasteiger partial charge >= 0.3 is 0 Å². The van der Waals surface area contributed by atoms with Crippen LogP contribution in [0, 0.1) is 18.7 Å². The molecule has 0 fully saturated rings. The lowest BCUT2D eigenvalue weighted by molar-refractivity contribution is 0.174. The van der Waals surface area contributed by atoms with Gasteiger partial charge in [0, 0.05) is 19.8 Å². The first-order valence-corrected chi connectivity index (χ1v) is 5.56. The van der Waals surface area contributed by atoms with Gasteiger partial charge in [-0.05, 0) is 36.5 Å². The first-order chi connectivity index (χ1) is 7.56. The van der Waals surface area contributed by atoms with Gasteiger partial charge in [-0.3, -0.25) is 0 Å². The summed E-state index contributed by atoms with van der Waals surface area (Å²) in [5.74, 6) is 0.144. The minimum absolute atomic E-state index is 0.0607. The number of nitrogens with two attached hydrogens (primary N) is 1. The highest BCUT2D eigenvalue weighted by atomic mass is 19.1. The molecule has 0 saturated carbocycles. The van der Waals surface area contributed by atoms with Crippen LogP contribution in [-0.2, 0) is 4.74 Å². The number of halogens is 1. The van der Waals surface area contributed by atoms with E-state index in [2.05, 4.69) is 6.92 Å². The van der Waals surface area contributed by atoms with Gasteiger partial charge in [0.25, 0.3) is 0 Å². The zero-order chi connectivity index (χ0) is 12.1. The molecule has 0 heterocycles. The fourth-order valence-corrected chi connectivity index (χ4v) is 1.69. The average Bonchev–Trinajstić information content (AvgIpc) is 2.28. The lowest BCUT2D eigenvalue weighted by atomic mass is 9.92. The van der Waals surface area contributed by atoms with E-state index < -0.39 is 0 Å². The molecule has 0 aromatic heterocycles. The minimum Gasteiger partial charge on any atom is -0.385 e. The molecule has 1 aromatic rings. The number of rotatable bonds is 5. The summed E-state index contributed by atoms with van der Waals surface area (Å²) in [5, 5.41) is 0. The summed E-state index contributed by atoms with van der Waals surface area (Å²) < 4.78 is 18.1. The molecule has 16 heavy (non-hydrogen) atoms. The minimum atomic E-state index is -0.180. The molecule has 0 aliphatic rings. The lowest BCUT2D eigenvalue weighted by Gasteiger charge is -2.20. The Kier molecular flexibility index (Phi) is 4.90. The van der Waals surface area contributed by atoms with Crippen LogP contribution in [-0.4, -0.2) is 13.7 Å². The van der Waals surface area contributed by atoms with Gasteiger partial charge in [0.05, 0.1) is 0 Å². The Bertz CT molecular complexity index is 341. The van der Waals surface area contributed by atoms with Crippen LogP contribution in [0.3, 0.4) is 0 Å². The molecule has 0 amide bonds. The smallest absolute Gasteiger partial charge is 0.126 e. The number of ether oxygens (including phenoxy) is 1. The van der Waals surface area contributed by atoms with Crippen molar-refractivity contribution >= 4 is 0 Å². The van der Waals surface area contributed by atoms with E-state index in [4.69, 9.17) is 10.5 Å². The Morgan fingerprint density at radius 2 is 2.12 bits per heavy atom. The monoisotopic (exact) mass is 225 g/mol. The highest BCUT2D eigenvalue weighted by molar-refractivity contribution is 5.26. The molecule has 2 atom stereocenters. The molecule has 90 valence electrons. The molecule has 1 rings (SSSR count). The van der Waals surface area contributed by atoms with Crippen LogP contribution < -0.4 is 5.73 Å². The molecule has 0 spiro atoms. The standard InChI is InChI=1S/C13H20FNO/c1-9(6-7-16-3)13(15)11-4-5-12(14)10(2)8-11/h4-5,8-9,13H,6-7,15H2,1-3H3. The van der Waals surface area contributed by atoms with E-state index >= 15 is 0 Å². The first-order valence-electron chi connectivity index (χ1n) is 5.56. The zero-order valence-corrected chi connectivity index (χ0v) is 10.2. The second kappa shape index (κ2) is 5.97. The fourth-order valence-electron chi connectivity index (χ4n) is 1.69. The number of methoxy groups -OCH3 is 1. The molecule has 2 N–H and O–H groups in total. The van der Waals surface area contributed by atoms with Crippen molar-refractivity contribution in [2.75, 3.05) is 13.7 Å². The molecular weight excluding hydrogens is 205 g/mol. The van der Waals surface area contributed by atoms with Crippen LogP contribution in [0.1, 0.15) is 30.5 Å². The van der Waals surface area contributed by atoms with Crippen LogP contribution in [0.15, 0.2) is 18.2 Å². The molecule has 2 unspecified atom stereocenters. The topological polar surface area (TPSA) is 35.2 Å². The number of aryl methyl sites for hydroxylation is 1. The van der Waals surface area contributed by atoms with Crippen molar-refractivity contribution in [3.63, 3.8) is 0 Å². The maximum absolute atomic E-state index is 13.1. The molecule has 1 aromatic carbocycles. The summed E-state index contributed by atoms with van der Waals surface area (Å²) >= 11 is 0. The molecule has 0 bridgehead atoms. The van der Waals surface area contributed by atoms with Crippen molar-refractivity contribution in [3.05, 3.63) is 35.1 Å². The van der Waals surface area contributed by atoms with E-state index in [1.54, 1.807) is 20.1 Å². The zero-order valence-electron chi connectivity index (χ0n) is 10.2. The SMILES string of the molecule is COCCC(C)C(N)c1ccc(F)c(C)c1. The van der Waals surface area contributed by atoms with Crippen molar-refractivity contribution < 1.29 is 9.13 Å². The molecule has 2 nitrogen and oxygen atoms in total. The Morgan fingerprint density at radius 3 is 2.69 bits per heavy atom. The van der Waals surface area contributed by atoms with Crippen LogP contribution in [0.25, 0.3) is 0 Å². The Balaban J connectivity index is 2.71. The second-order valence-corrected chi connectivity index (χ2v) is 4.29. The maximum atomic E-state index is 13.1. The first kappa shape index (κ1) is 13.1. The van der Waals surface area contributed by atoms with Gasteiger partial charge in [0.2, 0.25) is 0 Å². The highest BCUT2D eigenvalue weighted by Gasteiger charge is 2.15. The number of benzene rings is 1. The third kappa shape index (κ3) is 3.29. The summed E-state index contributed by atoms with van der Waals surface area (Å²) in [6.45, 7) is 4.54. The third-order valence-electron chi connectivity index (χ3n) is 2.96. The van der Waals surface area contributed by atoms with E-state index in [0.717, 1.165) is 12.0 Å². The van der Waals surface area contributed by atoms with E-state index in [1.165, 1.54) is 6.07 Å². The van der Waals surface area contributed by atoms with Crippen LogP contribution in [0.2, 0.25) is 0 Å². The number of hydrogen-bond donors (Lipinski definition) is 1. The second-order valence-electron chi connectivity index (χ2n) is 4.29. The quantitative estimate of drug-likeness (QED) is 0.836. The number of hydrogen-bond acceptors (Lipinski definition) is 2. The van der Waals surface area contributed by atoms with Crippen LogP contribution in [0.4, 0.5) is 4.39 Å². The van der Waals surface area contributed by atoms with Gasteiger partial charge in [-0.25, -0.2) is 4.39 Å². The molecular formula is C13H20FNO. The lowest BCUT2D eigenvalue weighted by Crippen LogP contribution is -2.20. The van der Waals surface area contributed by atoms with E-state index in [9.17, 15) is 4.39 Å². The Hall–Kier alpha value is -0.930. The average molecular weight is 225 g/mol. The van der Waals surface area contributed by atoms with Gasteiger partial charge < -0.3 is 10.5 Å². The normalized spacial score (nSPS) is 14.8. The van der Waals surface area contributed by atoms with Gasteiger partial charge in [0.15, 0.2) is 0 Å². The predicted octanol–water partition coefficient (Wildman–Crippen LogP) is 2.81. The summed E-state index contributed by atoms with van der Waals surface area (Å²) in [6.07, 6.45) is 0.911. The van der Waals surface area contributed by atoms with E-state index in [-0.39, 0.29) is 11.9 Å². The van der Waals surface area contributed by atoms with Crippen molar-refractivity contribution in [1.82, 2.24) is 0 Å². The molecule has 0 radical (unpaired) electrons. The highest BCUT2D eigenvalue weighted by Crippen LogP contribution is 2.23. The van der Waals surface area contributed by atoms with Crippen LogP contribution in [0.5, 0.6) is 0 Å². The van der Waals surface area contributed by atoms with Gasteiger partial charge in [-0.2, -0.15) is 0 Å². The largest absolute Gasteiger partial charge is 0.385 e. The van der Waals surface area contributed by atoms with Gasteiger partial charge in [-0.15, -0.1) is 0 Å². The molecule has 0 saturated heterocycles. The van der Waals surface area contributed by atoms with Gasteiger partial charge in [0.1, 0.15) is 5.82 Å². The summed E-state index contributed by atoms with van der Waals surface area (Å²) in [6, 6.07) is 5.00. The molecule has 3 heteroatoms. The maximum Gasteiger partial charge on any atom is 0.126 e. The van der Waals surface area contributed by atoms with Crippen LogP contribution >= 0.6 is 0 Å². The van der Waals surface area contributed by atoms with Crippen molar-refractivity contribution in [3.8, 4) is 0 Å². The van der Waals surface area contributed by atoms with Crippen molar-refractivity contribution in [2.24, 2.45) is 11.7 Å². The third-order valence-corrected chi connectivity index (χ3v) is 2.96. The Morgan fingerprint density at radius 1 is 1.44 bits per heavy atom. The van der Waals surface area contributed by atoms with Gasteiger partial charge in [-0.1, -0.05) is 19.1 Å². The van der Waals surface area contributed by atoms with Crippen molar-refractivity contribution in [2.45, 2.75) is 26.3 Å². The Labute approximate surface area is 96.6 Å². The summed E-state index contributed by atoms with van der Waals surface area (Å²) in [4.78, 5) is 0. The van der Waals surface area contributed by atoms with Crippen molar-refractivity contribution in [1.29, 1.82) is 0 Å². The molecule has 0 aliphatic carbocycles. The molecule has 0 aliphatic heterocycles. The van der Waals surface area contributed by atoms with E-state index in [1.807, 2.05) is 6.07 Å². The van der Waals surface area contributed by atoms with E-state index in [0.29, 0.717) is 18.1 Å². The fraction of sp³-hybridized carbons (Fsp3) is 0.538. The predicted molar refractivity (Wildman–Crippen MR) is 63.7 cm³/mol. The summed E-state index contributed by atoms with van der Waals surface area (Å²) in [7, 11) is 1.68.